The van der Waals surface area contributed by atoms with E-state index in [-0.39, 0.29) is 12.6 Å². The number of carbonyl (C=O) groups excluding carboxylic acids is 1. The highest BCUT2D eigenvalue weighted by molar-refractivity contribution is 5.66. The van der Waals surface area contributed by atoms with Crippen molar-refractivity contribution in [3.63, 3.8) is 0 Å². The standard InChI is InChI=1S/C20H19NO4/c1-14(16-9-5-3-6-10-16)21-18(13-24-15(2)22)19(25-20(21)23)17-11-7-4-8-12-17/h3-12,14H,13H2,1-2H3/t14-/m0/s1. The highest BCUT2D eigenvalue weighted by atomic mass is 16.5. The summed E-state index contributed by atoms with van der Waals surface area (Å²) in [7, 11) is 0. The molecule has 128 valence electrons. The highest BCUT2D eigenvalue weighted by Crippen LogP contribution is 2.27. The molecule has 0 aliphatic heterocycles. The minimum atomic E-state index is -0.475. The van der Waals surface area contributed by atoms with Gasteiger partial charge in [-0.3, -0.25) is 9.36 Å². The summed E-state index contributed by atoms with van der Waals surface area (Å²) in [5.41, 5.74) is 2.28. The van der Waals surface area contributed by atoms with Crippen LogP contribution in [0.3, 0.4) is 0 Å². The topological polar surface area (TPSA) is 61.4 Å². The largest absolute Gasteiger partial charge is 0.459 e. The Bertz CT molecular complexity index is 910. The molecule has 1 aromatic heterocycles. The molecule has 0 saturated carbocycles. The molecule has 0 unspecified atom stereocenters. The molecule has 3 aromatic rings. The van der Waals surface area contributed by atoms with Crippen LogP contribution in [0.1, 0.15) is 31.1 Å². The van der Waals surface area contributed by atoms with Gasteiger partial charge < -0.3 is 9.15 Å². The first-order valence-corrected chi connectivity index (χ1v) is 8.06. The number of hydrogen-bond donors (Lipinski definition) is 0. The van der Waals surface area contributed by atoms with Gasteiger partial charge in [-0.05, 0) is 12.5 Å². The van der Waals surface area contributed by atoms with Crippen LogP contribution in [0.4, 0.5) is 0 Å². The maximum Gasteiger partial charge on any atom is 0.420 e. The van der Waals surface area contributed by atoms with E-state index in [1.54, 1.807) is 4.57 Å². The van der Waals surface area contributed by atoms with Crippen molar-refractivity contribution in [1.82, 2.24) is 4.57 Å². The van der Waals surface area contributed by atoms with E-state index < -0.39 is 11.7 Å². The number of esters is 1. The lowest BCUT2D eigenvalue weighted by atomic mass is 10.1. The molecule has 0 aliphatic carbocycles. The minimum absolute atomic E-state index is 0.0253. The van der Waals surface area contributed by atoms with Gasteiger partial charge >= 0.3 is 11.7 Å². The zero-order valence-corrected chi connectivity index (χ0v) is 14.1. The average molecular weight is 337 g/mol. The van der Waals surface area contributed by atoms with Crippen molar-refractivity contribution in [3.8, 4) is 11.3 Å². The normalized spacial score (nSPS) is 11.9. The van der Waals surface area contributed by atoms with Crippen molar-refractivity contribution in [2.24, 2.45) is 0 Å². The third-order valence-electron chi connectivity index (χ3n) is 4.06. The van der Waals surface area contributed by atoms with Gasteiger partial charge in [-0.25, -0.2) is 4.79 Å². The number of nitrogens with zero attached hydrogens (tertiary/aromatic N) is 1. The molecule has 1 atom stereocenters. The molecule has 0 aliphatic rings. The second-order valence-corrected chi connectivity index (χ2v) is 5.75. The maximum atomic E-state index is 12.5. The first-order valence-electron chi connectivity index (χ1n) is 8.06. The first kappa shape index (κ1) is 16.8. The van der Waals surface area contributed by atoms with Crippen molar-refractivity contribution >= 4 is 5.97 Å². The Labute approximate surface area is 145 Å². The van der Waals surface area contributed by atoms with Crippen LogP contribution in [0.5, 0.6) is 0 Å². The molecule has 5 nitrogen and oxygen atoms in total. The molecule has 5 heteroatoms. The van der Waals surface area contributed by atoms with Crippen LogP contribution in [0, 0.1) is 0 Å². The van der Waals surface area contributed by atoms with Crippen LogP contribution in [0.2, 0.25) is 0 Å². The molecule has 1 heterocycles. The molecule has 0 fully saturated rings. The van der Waals surface area contributed by atoms with Crippen molar-refractivity contribution in [2.45, 2.75) is 26.5 Å². The average Bonchev–Trinajstić information content (AvgIpc) is 2.97. The molecule has 3 rings (SSSR count). The van der Waals surface area contributed by atoms with E-state index >= 15 is 0 Å². The summed E-state index contributed by atoms with van der Waals surface area (Å²) in [6.07, 6.45) is 0. The zero-order chi connectivity index (χ0) is 17.8. The minimum Gasteiger partial charge on any atom is -0.459 e. The third kappa shape index (κ3) is 3.55. The Morgan fingerprint density at radius 3 is 2.28 bits per heavy atom. The summed E-state index contributed by atoms with van der Waals surface area (Å²) in [4.78, 5) is 23.8. The molecule has 0 radical (unpaired) electrons. The van der Waals surface area contributed by atoms with Gasteiger partial charge in [0.15, 0.2) is 5.76 Å². The van der Waals surface area contributed by atoms with E-state index in [1.165, 1.54) is 6.92 Å². The van der Waals surface area contributed by atoms with E-state index in [9.17, 15) is 9.59 Å². The Morgan fingerprint density at radius 2 is 1.68 bits per heavy atom. The number of rotatable bonds is 5. The number of ether oxygens (including phenoxy) is 1. The number of carbonyl (C=O) groups is 1. The van der Waals surface area contributed by atoms with Crippen LogP contribution in [0.15, 0.2) is 69.9 Å². The second kappa shape index (κ2) is 7.21. The van der Waals surface area contributed by atoms with Crippen LogP contribution < -0.4 is 5.76 Å². The number of benzene rings is 2. The van der Waals surface area contributed by atoms with Gasteiger partial charge in [-0.1, -0.05) is 60.7 Å². The Balaban J connectivity index is 2.12. The summed E-state index contributed by atoms with van der Waals surface area (Å²) >= 11 is 0. The Kier molecular flexibility index (Phi) is 4.84. The van der Waals surface area contributed by atoms with E-state index in [0.29, 0.717) is 11.5 Å². The molecule has 0 bridgehead atoms. The number of aromatic nitrogens is 1. The van der Waals surface area contributed by atoms with Crippen molar-refractivity contribution in [2.75, 3.05) is 0 Å². The third-order valence-corrected chi connectivity index (χ3v) is 4.06. The fraction of sp³-hybridized carbons (Fsp3) is 0.200. The molecule has 2 aromatic carbocycles. The van der Waals surface area contributed by atoms with Gasteiger partial charge in [0.25, 0.3) is 0 Å². The predicted octanol–water partition coefficient (Wildman–Crippen LogP) is 3.78. The number of hydrogen-bond acceptors (Lipinski definition) is 4. The summed E-state index contributed by atoms with van der Waals surface area (Å²) in [6, 6.07) is 18.7. The number of oxazole rings is 1. The molecule has 0 saturated heterocycles. The summed E-state index contributed by atoms with van der Waals surface area (Å²) in [6.45, 7) is 3.23. The van der Waals surface area contributed by atoms with Gasteiger partial charge in [0, 0.05) is 12.5 Å². The smallest absolute Gasteiger partial charge is 0.420 e. The molecule has 0 spiro atoms. The van der Waals surface area contributed by atoms with Crippen LogP contribution in [0.25, 0.3) is 11.3 Å². The lowest BCUT2D eigenvalue weighted by molar-refractivity contribution is -0.142. The molecule has 0 amide bonds. The maximum absolute atomic E-state index is 12.5. The lowest BCUT2D eigenvalue weighted by Crippen LogP contribution is -2.22. The molecule has 0 N–H and O–H groups in total. The van der Waals surface area contributed by atoms with Gasteiger partial charge in [0.05, 0.1) is 6.04 Å². The predicted molar refractivity (Wildman–Crippen MR) is 94.1 cm³/mol. The van der Waals surface area contributed by atoms with E-state index in [4.69, 9.17) is 9.15 Å². The van der Waals surface area contributed by atoms with Crippen LogP contribution >= 0.6 is 0 Å². The van der Waals surface area contributed by atoms with Gasteiger partial charge in [0.1, 0.15) is 12.3 Å². The fourth-order valence-electron chi connectivity index (χ4n) is 2.81. The van der Waals surface area contributed by atoms with E-state index in [1.807, 2.05) is 67.6 Å². The van der Waals surface area contributed by atoms with Gasteiger partial charge in [-0.2, -0.15) is 0 Å². The first-order chi connectivity index (χ1) is 12.1. The second-order valence-electron chi connectivity index (χ2n) is 5.75. The zero-order valence-electron chi connectivity index (χ0n) is 14.1. The van der Waals surface area contributed by atoms with E-state index in [0.717, 1.165) is 11.1 Å². The molecule has 25 heavy (non-hydrogen) atoms. The van der Waals surface area contributed by atoms with Crippen molar-refractivity contribution in [1.29, 1.82) is 0 Å². The molecular weight excluding hydrogens is 318 g/mol. The fourth-order valence-corrected chi connectivity index (χ4v) is 2.81. The summed E-state index contributed by atoms with van der Waals surface area (Å²) in [5.74, 6) is -0.460. The van der Waals surface area contributed by atoms with Crippen LogP contribution in [-0.2, 0) is 16.1 Å². The lowest BCUT2D eigenvalue weighted by Gasteiger charge is -2.16. The van der Waals surface area contributed by atoms with Crippen molar-refractivity contribution < 1.29 is 13.9 Å². The Hall–Kier alpha value is -3.08. The Morgan fingerprint density at radius 1 is 1.08 bits per heavy atom. The van der Waals surface area contributed by atoms with Crippen LogP contribution in [-0.4, -0.2) is 10.5 Å². The summed E-state index contributed by atoms with van der Waals surface area (Å²) in [5, 5.41) is 0. The monoisotopic (exact) mass is 337 g/mol. The van der Waals surface area contributed by atoms with Crippen molar-refractivity contribution in [3.05, 3.63) is 82.5 Å². The van der Waals surface area contributed by atoms with Gasteiger partial charge in [0.2, 0.25) is 0 Å². The summed E-state index contributed by atoms with van der Waals surface area (Å²) < 4.78 is 12.2. The molecular formula is C20H19NO4. The SMILES string of the molecule is CC(=O)OCc1c(-c2ccccc2)oc(=O)n1[C@@H](C)c1ccccc1. The van der Waals surface area contributed by atoms with Gasteiger partial charge in [-0.15, -0.1) is 0 Å². The van der Waals surface area contributed by atoms with E-state index in [2.05, 4.69) is 0 Å². The quantitative estimate of drug-likeness (QED) is 0.665. The highest BCUT2D eigenvalue weighted by Gasteiger charge is 2.23.